The lowest BCUT2D eigenvalue weighted by Crippen LogP contribution is -2.22. The van der Waals surface area contributed by atoms with Crippen molar-refractivity contribution in [1.29, 1.82) is 0 Å². The lowest BCUT2D eigenvalue weighted by Gasteiger charge is -2.12. The maximum absolute atomic E-state index is 11.9. The summed E-state index contributed by atoms with van der Waals surface area (Å²) in [6.45, 7) is 2.50. The lowest BCUT2D eigenvalue weighted by atomic mass is 10.3. The van der Waals surface area contributed by atoms with Crippen molar-refractivity contribution in [2.45, 2.75) is 19.5 Å². The van der Waals surface area contributed by atoms with Crippen LogP contribution in [0.4, 0.5) is 0 Å². The van der Waals surface area contributed by atoms with Crippen LogP contribution in [0.2, 0.25) is 0 Å². The predicted octanol–water partition coefficient (Wildman–Crippen LogP) is 1.49. The van der Waals surface area contributed by atoms with Gasteiger partial charge in [0.05, 0.1) is 6.54 Å². The first-order chi connectivity index (χ1) is 9.25. The van der Waals surface area contributed by atoms with E-state index < -0.39 is 0 Å². The van der Waals surface area contributed by atoms with Crippen molar-refractivity contribution < 1.29 is 0 Å². The molecule has 6 nitrogen and oxygen atoms in total. The molecule has 0 fully saturated rings. The van der Waals surface area contributed by atoms with E-state index in [1.54, 1.807) is 26.8 Å². The molecule has 0 aromatic carbocycles. The minimum absolute atomic E-state index is 0.0890. The zero-order valence-corrected chi connectivity index (χ0v) is 11.2. The Labute approximate surface area is 113 Å². The molecule has 3 rings (SSSR count). The second-order valence-corrected chi connectivity index (χ2v) is 5.25. The topological polar surface area (TPSA) is 68.5 Å². The number of thiophene rings is 1. The maximum atomic E-state index is 11.9. The number of hydrogen-bond donors (Lipinski definition) is 1. The minimum Gasteiger partial charge on any atom is -0.272 e. The van der Waals surface area contributed by atoms with Crippen molar-refractivity contribution in [3.8, 4) is 0 Å². The van der Waals surface area contributed by atoms with Crippen LogP contribution in [-0.4, -0.2) is 24.5 Å². The van der Waals surface area contributed by atoms with Gasteiger partial charge < -0.3 is 0 Å². The van der Waals surface area contributed by atoms with Gasteiger partial charge in [0.15, 0.2) is 5.82 Å². The molecule has 3 heterocycles. The summed E-state index contributed by atoms with van der Waals surface area (Å²) in [6, 6.07) is 5.74. The van der Waals surface area contributed by atoms with Crippen LogP contribution in [0.25, 0.3) is 0 Å². The Hall–Kier alpha value is -2.15. The predicted molar refractivity (Wildman–Crippen MR) is 72.3 cm³/mol. The highest BCUT2D eigenvalue weighted by molar-refractivity contribution is 7.09. The number of aromatic amines is 1. The van der Waals surface area contributed by atoms with Crippen molar-refractivity contribution in [1.82, 2.24) is 24.5 Å². The van der Waals surface area contributed by atoms with E-state index >= 15 is 0 Å². The van der Waals surface area contributed by atoms with Crippen LogP contribution < -0.4 is 5.69 Å². The second kappa shape index (κ2) is 4.85. The third-order valence-corrected chi connectivity index (χ3v) is 3.84. The number of aromatic nitrogens is 5. The van der Waals surface area contributed by atoms with Crippen molar-refractivity contribution in [2.75, 3.05) is 0 Å². The average Bonchev–Trinajstić information content (AvgIpc) is 3.13. The monoisotopic (exact) mass is 275 g/mol. The quantitative estimate of drug-likeness (QED) is 0.784. The van der Waals surface area contributed by atoms with Crippen LogP contribution >= 0.6 is 11.3 Å². The van der Waals surface area contributed by atoms with Crippen molar-refractivity contribution in [2.24, 2.45) is 0 Å². The summed E-state index contributed by atoms with van der Waals surface area (Å²) in [6.07, 6.45) is 3.57. The normalized spacial score (nSPS) is 12.7. The van der Waals surface area contributed by atoms with E-state index in [0.717, 1.165) is 4.88 Å². The molecule has 0 aliphatic carbocycles. The Morgan fingerprint density at radius 3 is 3.05 bits per heavy atom. The van der Waals surface area contributed by atoms with Gasteiger partial charge >= 0.3 is 5.69 Å². The van der Waals surface area contributed by atoms with Gasteiger partial charge in [-0.25, -0.2) is 9.89 Å². The average molecular weight is 275 g/mol. The number of hydrogen-bond acceptors (Lipinski definition) is 4. The molecule has 19 heavy (non-hydrogen) atoms. The molecule has 98 valence electrons. The van der Waals surface area contributed by atoms with Crippen molar-refractivity contribution >= 4 is 11.3 Å². The number of H-pyrrole nitrogens is 1. The lowest BCUT2D eigenvalue weighted by molar-refractivity contribution is 0.510. The van der Waals surface area contributed by atoms with E-state index in [-0.39, 0.29) is 11.7 Å². The van der Waals surface area contributed by atoms with E-state index in [9.17, 15) is 4.79 Å². The molecular formula is C12H13N5OS. The van der Waals surface area contributed by atoms with Gasteiger partial charge in [0.2, 0.25) is 0 Å². The summed E-state index contributed by atoms with van der Waals surface area (Å²) in [4.78, 5) is 13.0. The largest absolute Gasteiger partial charge is 0.343 e. The highest BCUT2D eigenvalue weighted by atomic mass is 32.1. The molecule has 0 amide bonds. The highest BCUT2D eigenvalue weighted by Gasteiger charge is 2.17. The molecule has 7 heteroatoms. The number of nitrogens with zero attached hydrogens (tertiary/aromatic N) is 4. The Morgan fingerprint density at radius 2 is 2.37 bits per heavy atom. The van der Waals surface area contributed by atoms with Gasteiger partial charge in [-0.1, -0.05) is 6.07 Å². The first kappa shape index (κ1) is 11.9. The summed E-state index contributed by atoms with van der Waals surface area (Å²) >= 11 is 1.62. The molecule has 1 atom stereocenters. The third-order valence-electron chi connectivity index (χ3n) is 2.98. The van der Waals surface area contributed by atoms with E-state index in [1.807, 2.05) is 36.7 Å². The summed E-state index contributed by atoms with van der Waals surface area (Å²) < 4.78 is 3.43. The van der Waals surface area contributed by atoms with Crippen molar-refractivity contribution in [3.05, 3.63) is 57.2 Å². The first-order valence-electron chi connectivity index (χ1n) is 5.92. The molecule has 0 saturated carbocycles. The van der Waals surface area contributed by atoms with Crippen LogP contribution in [0.5, 0.6) is 0 Å². The third kappa shape index (κ3) is 2.24. The maximum Gasteiger partial charge on any atom is 0.343 e. The Bertz CT molecular complexity index is 695. The highest BCUT2D eigenvalue weighted by Crippen LogP contribution is 2.15. The van der Waals surface area contributed by atoms with Gasteiger partial charge in [0.25, 0.3) is 0 Å². The molecule has 1 N–H and O–H groups in total. The number of rotatable bonds is 4. The first-order valence-corrected chi connectivity index (χ1v) is 6.80. The van der Waals surface area contributed by atoms with Gasteiger partial charge in [0, 0.05) is 17.3 Å². The van der Waals surface area contributed by atoms with Crippen LogP contribution in [0.3, 0.4) is 0 Å². The number of nitrogens with one attached hydrogen (secondary N) is 1. The van der Waals surface area contributed by atoms with E-state index in [4.69, 9.17) is 0 Å². The van der Waals surface area contributed by atoms with Gasteiger partial charge in [-0.05, 0) is 24.4 Å². The van der Waals surface area contributed by atoms with E-state index in [2.05, 4.69) is 15.3 Å². The van der Waals surface area contributed by atoms with Gasteiger partial charge in [-0.15, -0.1) is 11.3 Å². The molecule has 0 aliphatic heterocycles. The summed E-state index contributed by atoms with van der Waals surface area (Å²) in [7, 11) is 0. The second-order valence-electron chi connectivity index (χ2n) is 4.21. The molecule has 0 aliphatic rings. The fourth-order valence-corrected chi connectivity index (χ4v) is 2.68. The molecule has 0 spiro atoms. The Balaban J connectivity index is 1.96. The molecule has 3 aromatic heterocycles. The zero-order chi connectivity index (χ0) is 13.2. The van der Waals surface area contributed by atoms with Crippen LogP contribution in [-0.2, 0) is 6.54 Å². The standard InChI is InChI=1S/C12H13N5OS/c1-9(17-6-3-5-13-17)11-14-15-12(18)16(11)8-10-4-2-7-19-10/h2-7,9H,8H2,1H3,(H,15,18). The van der Waals surface area contributed by atoms with E-state index in [1.165, 1.54) is 0 Å². The van der Waals surface area contributed by atoms with Crippen LogP contribution in [0, 0.1) is 0 Å². The minimum atomic E-state index is -0.192. The molecule has 1 unspecified atom stereocenters. The molecule has 0 radical (unpaired) electrons. The SMILES string of the molecule is CC(c1n[nH]c(=O)n1Cc1cccs1)n1cccn1. The summed E-state index contributed by atoms with van der Waals surface area (Å²) in [5.41, 5.74) is -0.192. The van der Waals surface area contributed by atoms with Gasteiger partial charge in [-0.2, -0.15) is 10.2 Å². The zero-order valence-electron chi connectivity index (χ0n) is 10.4. The van der Waals surface area contributed by atoms with Crippen LogP contribution in [0.15, 0.2) is 40.8 Å². The van der Waals surface area contributed by atoms with Gasteiger partial charge in [-0.3, -0.25) is 9.25 Å². The Kier molecular flexibility index (Phi) is 3.04. The summed E-state index contributed by atoms with van der Waals surface area (Å²) in [5, 5.41) is 12.8. The van der Waals surface area contributed by atoms with Crippen molar-refractivity contribution in [3.63, 3.8) is 0 Å². The fraction of sp³-hybridized carbons (Fsp3) is 0.250. The molecular weight excluding hydrogens is 262 g/mol. The van der Waals surface area contributed by atoms with Gasteiger partial charge in [0.1, 0.15) is 6.04 Å². The molecule has 0 saturated heterocycles. The van der Waals surface area contributed by atoms with Crippen LogP contribution in [0.1, 0.15) is 23.7 Å². The molecule has 3 aromatic rings. The van der Waals surface area contributed by atoms with E-state index in [0.29, 0.717) is 12.4 Å². The summed E-state index contributed by atoms with van der Waals surface area (Å²) in [5.74, 6) is 0.683. The molecule has 0 bridgehead atoms. The fourth-order valence-electron chi connectivity index (χ4n) is 1.99. The Morgan fingerprint density at radius 1 is 1.47 bits per heavy atom. The smallest absolute Gasteiger partial charge is 0.272 e.